The maximum Gasteiger partial charge on any atom is 0.338 e. The Morgan fingerprint density at radius 3 is 2.54 bits per heavy atom. The number of aryl methyl sites for hydroxylation is 1. The molecule has 4 rings (SSSR count). The molecule has 0 unspecified atom stereocenters. The third-order valence-corrected chi connectivity index (χ3v) is 4.42. The smallest absolute Gasteiger partial charge is 0.338 e. The first kappa shape index (κ1) is 17.9. The minimum atomic E-state index is -0.497. The van der Waals surface area contributed by atoms with E-state index in [2.05, 4.69) is 20.3 Å². The van der Waals surface area contributed by atoms with Crippen LogP contribution in [-0.2, 0) is 18.0 Å². The largest absolute Gasteiger partial charge is 0.485 e. The van der Waals surface area contributed by atoms with Gasteiger partial charge in [0.2, 0.25) is 17.5 Å². The molecule has 0 aliphatic rings. The highest BCUT2D eigenvalue weighted by molar-refractivity contribution is 7.13. The molecule has 0 saturated heterocycles. The second kappa shape index (κ2) is 8.01. The minimum Gasteiger partial charge on any atom is -0.485 e. The molecule has 28 heavy (non-hydrogen) atoms. The fraction of sp³-hybridized carbons (Fsp3) is 0.167. The van der Waals surface area contributed by atoms with Crippen molar-refractivity contribution in [1.82, 2.24) is 20.3 Å². The van der Waals surface area contributed by atoms with Crippen LogP contribution in [0, 0.1) is 6.92 Å². The number of thiophene rings is 1. The van der Waals surface area contributed by atoms with Gasteiger partial charge in [-0.1, -0.05) is 16.4 Å². The van der Waals surface area contributed by atoms with Gasteiger partial charge in [-0.05, 0) is 35.7 Å². The third kappa shape index (κ3) is 4.23. The molecule has 0 saturated carbocycles. The maximum absolute atomic E-state index is 12.2. The van der Waals surface area contributed by atoms with Gasteiger partial charge in [-0.2, -0.15) is 9.97 Å². The Bertz CT molecular complexity index is 1060. The molecular weight excluding hydrogens is 384 g/mol. The molecule has 0 spiro atoms. The molecular formula is C18H14N4O5S. The highest BCUT2D eigenvalue weighted by atomic mass is 32.1. The van der Waals surface area contributed by atoms with Crippen LogP contribution in [0.1, 0.15) is 27.9 Å². The lowest BCUT2D eigenvalue weighted by Crippen LogP contribution is -2.06. The van der Waals surface area contributed by atoms with Crippen LogP contribution in [0.4, 0.5) is 0 Å². The standard InChI is InChI=1S/C18H14N4O5S/c1-11-19-15(21-26-11)9-24-13-6-4-12(5-7-13)18(23)25-10-16-20-17(27-22-16)14-3-2-8-28-14/h2-8H,9-10H2,1H3. The Morgan fingerprint density at radius 2 is 1.82 bits per heavy atom. The Morgan fingerprint density at radius 1 is 1.04 bits per heavy atom. The molecule has 0 atom stereocenters. The van der Waals surface area contributed by atoms with Crippen LogP contribution in [0.15, 0.2) is 50.8 Å². The summed E-state index contributed by atoms with van der Waals surface area (Å²) in [5.41, 5.74) is 0.379. The van der Waals surface area contributed by atoms with Crippen molar-refractivity contribution in [2.45, 2.75) is 20.1 Å². The van der Waals surface area contributed by atoms with Crippen LogP contribution in [0.3, 0.4) is 0 Å². The lowest BCUT2D eigenvalue weighted by atomic mass is 10.2. The Labute approximate surface area is 162 Å². The predicted molar refractivity (Wildman–Crippen MR) is 96.5 cm³/mol. The Kier molecular flexibility index (Phi) is 5.11. The minimum absolute atomic E-state index is 0.0802. The fourth-order valence-electron chi connectivity index (χ4n) is 2.26. The highest BCUT2D eigenvalue weighted by Crippen LogP contribution is 2.22. The van der Waals surface area contributed by atoms with Crippen molar-refractivity contribution in [3.05, 3.63) is 64.9 Å². The van der Waals surface area contributed by atoms with Crippen LogP contribution in [0.25, 0.3) is 10.8 Å². The van der Waals surface area contributed by atoms with Crippen molar-refractivity contribution in [2.75, 3.05) is 0 Å². The average Bonchev–Trinajstić information content (AvgIpc) is 3.46. The summed E-state index contributed by atoms with van der Waals surface area (Å²) in [6, 6.07) is 10.3. The van der Waals surface area contributed by atoms with Crippen LogP contribution in [0.5, 0.6) is 5.75 Å². The normalized spacial score (nSPS) is 10.8. The highest BCUT2D eigenvalue weighted by Gasteiger charge is 2.13. The molecule has 4 aromatic rings. The predicted octanol–water partition coefficient (Wildman–Crippen LogP) is 3.43. The van der Waals surface area contributed by atoms with E-state index in [1.54, 1.807) is 31.2 Å². The van der Waals surface area contributed by atoms with E-state index in [0.717, 1.165) is 4.88 Å². The number of aromatic nitrogens is 4. The van der Waals surface area contributed by atoms with E-state index in [9.17, 15) is 4.79 Å². The summed E-state index contributed by atoms with van der Waals surface area (Å²) in [4.78, 5) is 21.3. The van der Waals surface area contributed by atoms with Gasteiger partial charge in [0, 0.05) is 6.92 Å². The van der Waals surface area contributed by atoms with Gasteiger partial charge in [-0.3, -0.25) is 0 Å². The van der Waals surface area contributed by atoms with E-state index >= 15 is 0 Å². The lowest BCUT2D eigenvalue weighted by molar-refractivity contribution is 0.0459. The molecule has 0 bridgehead atoms. The van der Waals surface area contributed by atoms with E-state index in [4.69, 9.17) is 18.5 Å². The van der Waals surface area contributed by atoms with Crippen LogP contribution < -0.4 is 4.74 Å². The van der Waals surface area contributed by atoms with Gasteiger partial charge in [0.15, 0.2) is 13.2 Å². The zero-order valence-corrected chi connectivity index (χ0v) is 15.5. The molecule has 142 valence electrons. The molecule has 0 amide bonds. The number of nitrogens with zero attached hydrogens (tertiary/aromatic N) is 4. The van der Waals surface area contributed by atoms with Gasteiger partial charge < -0.3 is 18.5 Å². The number of rotatable bonds is 7. The number of hydrogen-bond donors (Lipinski definition) is 0. The van der Waals surface area contributed by atoms with Crippen LogP contribution in [-0.4, -0.2) is 26.3 Å². The molecule has 10 heteroatoms. The first-order valence-corrected chi connectivity index (χ1v) is 9.11. The number of carbonyl (C=O) groups excluding carboxylic acids is 1. The fourth-order valence-corrected chi connectivity index (χ4v) is 2.91. The van der Waals surface area contributed by atoms with Gasteiger partial charge in [-0.15, -0.1) is 11.3 Å². The van der Waals surface area contributed by atoms with E-state index in [0.29, 0.717) is 34.7 Å². The zero-order valence-electron chi connectivity index (χ0n) is 14.7. The van der Waals surface area contributed by atoms with E-state index in [-0.39, 0.29) is 13.2 Å². The van der Waals surface area contributed by atoms with Crippen molar-refractivity contribution in [2.24, 2.45) is 0 Å². The second-order valence-corrected chi connectivity index (χ2v) is 6.56. The SMILES string of the molecule is Cc1nc(COc2ccc(C(=O)OCc3noc(-c4cccs4)n3)cc2)no1. The molecule has 9 nitrogen and oxygen atoms in total. The average molecular weight is 398 g/mol. The first-order valence-electron chi connectivity index (χ1n) is 8.23. The summed E-state index contributed by atoms with van der Waals surface area (Å²) < 4.78 is 20.8. The molecule has 0 fully saturated rings. The summed E-state index contributed by atoms with van der Waals surface area (Å²) >= 11 is 1.49. The Hall–Kier alpha value is -3.53. The topological polar surface area (TPSA) is 113 Å². The third-order valence-electron chi connectivity index (χ3n) is 3.56. The molecule has 3 aromatic heterocycles. The molecule has 0 radical (unpaired) electrons. The first-order chi connectivity index (χ1) is 13.7. The summed E-state index contributed by atoms with van der Waals surface area (Å²) in [7, 11) is 0. The van der Waals surface area contributed by atoms with Gasteiger partial charge >= 0.3 is 5.97 Å². The maximum atomic E-state index is 12.2. The van der Waals surface area contributed by atoms with Gasteiger partial charge in [-0.25, -0.2) is 4.79 Å². The lowest BCUT2D eigenvalue weighted by Gasteiger charge is -2.05. The summed E-state index contributed by atoms with van der Waals surface area (Å²) in [6.07, 6.45) is 0. The van der Waals surface area contributed by atoms with E-state index < -0.39 is 5.97 Å². The number of benzene rings is 1. The number of ether oxygens (including phenoxy) is 2. The van der Waals surface area contributed by atoms with E-state index in [1.807, 2.05) is 17.5 Å². The van der Waals surface area contributed by atoms with Crippen molar-refractivity contribution in [3.8, 4) is 16.5 Å². The quantitative estimate of drug-likeness (QED) is 0.432. The molecule has 0 aliphatic heterocycles. The number of carbonyl (C=O) groups is 1. The van der Waals surface area contributed by atoms with E-state index in [1.165, 1.54) is 11.3 Å². The van der Waals surface area contributed by atoms with Gasteiger partial charge in [0.1, 0.15) is 5.75 Å². The Balaban J connectivity index is 1.30. The monoisotopic (exact) mass is 398 g/mol. The number of esters is 1. The number of hydrogen-bond acceptors (Lipinski definition) is 10. The zero-order chi connectivity index (χ0) is 19.3. The summed E-state index contributed by atoms with van der Waals surface area (Å²) in [5.74, 6) is 1.69. The molecule has 0 N–H and O–H groups in total. The molecule has 3 heterocycles. The molecule has 0 aliphatic carbocycles. The summed E-state index contributed by atoms with van der Waals surface area (Å²) in [5, 5.41) is 9.47. The van der Waals surface area contributed by atoms with Crippen molar-refractivity contribution in [1.29, 1.82) is 0 Å². The van der Waals surface area contributed by atoms with Crippen molar-refractivity contribution in [3.63, 3.8) is 0 Å². The van der Waals surface area contributed by atoms with Crippen molar-refractivity contribution >= 4 is 17.3 Å². The molecule has 1 aromatic carbocycles. The van der Waals surface area contributed by atoms with Gasteiger partial charge in [0.25, 0.3) is 5.89 Å². The van der Waals surface area contributed by atoms with Gasteiger partial charge in [0.05, 0.1) is 10.4 Å². The summed E-state index contributed by atoms with van der Waals surface area (Å²) in [6.45, 7) is 1.79. The second-order valence-electron chi connectivity index (χ2n) is 5.61. The van der Waals surface area contributed by atoms with Crippen molar-refractivity contribution < 1.29 is 23.3 Å². The van der Waals surface area contributed by atoms with Crippen LogP contribution in [0.2, 0.25) is 0 Å². The van der Waals surface area contributed by atoms with Crippen LogP contribution >= 0.6 is 11.3 Å².